The Morgan fingerprint density at radius 3 is 2.84 bits per heavy atom. The van der Waals surface area contributed by atoms with Gasteiger partial charge < -0.3 is 10.6 Å². The molecule has 1 amide bonds. The number of anilines is 1. The van der Waals surface area contributed by atoms with Crippen LogP contribution in [-0.4, -0.2) is 17.4 Å². The lowest BCUT2D eigenvalue weighted by Crippen LogP contribution is -2.35. The Bertz CT molecular complexity index is 583. The minimum Gasteiger partial charge on any atom is -0.325 e. The van der Waals surface area contributed by atoms with Gasteiger partial charge in [0.05, 0.1) is 5.92 Å². The summed E-state index contributed by atoms with van der Waals surface area (Å²) in [6.07, 6.45) is 3.34. The summed E-state index contributed by atoms with van der Waals surface area (Å²) < 4.78 is 0. The first-order valence-electron chi connectivity index (χ1n) is 6.34. The number of carbonyl (C=O) groups is 1. The van der Waals surface area contributed by atoms with Gasteiger partial charge in [-0.05, 0) is 23.3 Å². The van der Waals surface area contributed by atoms with Gasteiger partial charge >= 0.3 is 0 Å². The number of fused-ring (bicyclic) bond motifs is 1. The van der Waals surface area contributed by atoms with E-state index in [1.807, 2.05) is 18.2 Å². The zero-order valence-electron chi connectivity index (χ0n) is 10.5. The van der Waals surface area contributed by atoms with E-state index in [2.05, 4.69) is 21.7 Å². The molecular weight excluding hydrogens is 238 g/mol. The number of carbonyl (C=O) groups excluding carboxylic acids is 1. The van der Waals surface area contributed by atoms with E-state index < -0.39 is 0 Å². The van der Waals surface area contributed by atoms with Crippen molar-refractivity contribution >= 4 is 11.6 Å². The minimum absolute atomic E-state index is 0.0193. The largest absolute Gasteiger partial charge is 0.325 e. The van der Waals surface area contributed by atoms with Crippen LogP contribution in [0.2, 0.25) is 0 Å². The number of nitrogens with one attached hydrogen (secondary N) is 2. The number of pyridine rings is 1. The SMILES string of the molecule is O=C(Nc1ccncc1)C1CNCc2ccccc21. The van der Waals surface area contributed by atoms with Crippen molar-refractivity contribution in [2.24, 2.45) is 0 Å². The smallest absolute Gasteiger partial charge is 0.233 e. The van der Waals surface area contributed by atoms with Gasteiger partial charge in [-0.3, -0.25) is 9.78 Å². The van der Waals surface area contributed by atoms with Gasteiger partial charge in [-0.2, -0.15) is 0 Å². The van der Waals surface area contributed by atoms with Crippen molar-refractivity contribution in [2.75, 3.05) is 11.9 Å². The third kappa shape index (κ3) is 2.48. The molecule has 19 heavy (non-hydrogen) atoms. The van der Waals surface area contributed by atoms with E-state index in [9.17, 15) is 4.79 Å². The summed E-state index contributed by atoms with van der Waals surface area (Å²) in [5.74, 6) is -0.121. The predicted molar refractivity (Wildman–Crippen MR) is 73.8 cm³/mol. The highest BCUT2D eigenvalue weighted by Gasteiger charge is 2.25. The molecule has 0 saturated heterocycles. The van der Waals surface area contributed by atoms with E-state index in [-0.39, 0.29) is 11.8 Å². The number of hydrogen-bond donors (Lipinski definition) is 2. The summed E-state index contributed by atoms with van der Waals surface area (Å²) >= 11 is 0. The van der Waals surface area contributed by atoms with Crippen LogP contribution >= 0.6 is 0 Å². The number of hydrogen-bond acceptors (Lipinski definition) is 3. The van der Waals surface area contributed by atoms with Crippen LogP contribution in [0.4, 0.5) is 5.69 Å². The summed E-state index contributed by atoms with van der Waals surface area (Å²) in [4.78, 5) is 16.3. The van der Waals surface area contributed by atoms with Gasteiger partial charge in [0.2, 0.25) is 5.91 Å². The molecule has 0 saturated carbocycles. The lowest BCUT2D eigenvalue weighted by Gasteiger charge is -2.25. The monoisotopic (exact) mass is 253 g/mol. The van der Waals surface area contributed by atoms with Crippen molar-refractivity contribution < 1.29 is 4.79 Å². The number of aromatic nitrogens is 1. The van der Waals surface area contributed by atoms with Gasteiger partial charge in [0.1, 0.15) is 0 Å². The van der Waals surface area contributed by atoms with Crippen molar-refractivity contribution in [1.82, 2.24) is 10.3 Å². The summed E-state index contributed by atoms with van der Waals surface area (Å²) in [5, 5.41) is 6.22. The van der Waals surface area contributed by atoms with Crippen LogP contribution in [0, 0.1) is 0 Å². The van der Waals surface area contributed by atoms with Crippen LogP contribution in [0.25, 0.3) is 0 Å². The molecule has 4 heteroatoms. The molecule has 1 aliphatic heterocycles. The molecule has 3 rings (SSSR count). The highest BCUT2D eigenvalue weighted by atomic mass is 16.1. The fourth-order valence-corrected chi connectivity index (χ4v) is 2.39. The van der Waals surface area contributed by atoms with E-state index in [4.69, 9.17) is 0 Å². The average molecular weight is 253 g/mol. The highest BCUT2D eigenvalue weighted by Crippen LogP contribution is 2.24. The zero-order valence-corrected chi connectivity index (χ0v) is 10.5. The molecule has 4 nitrogen and oxygen atoms in total. The molecule has 0 spiro atoms. The number of nitrogens with zero attached hydrogens (tertiary/aromatic N) is 1. The molecule has 0 radical (unpaired) electrons. The highest BCUT2D eigenvalue weighted by molar-refractivity contribution is 5.96. The molecule has 1 unspecified atom stereocenters. The van der Waals surface area contributed by atoms with Crippen LogP contribution in [0.1, 0.15) is 17.0 Å². The molecule has 96 valence electrons. The van der Waals surface area contributed by atoms with Gasteiger partial charge in [-0.25, -0.2) is 0 Å². The maximum Gasteiger partial charge on any atom is 0.233 e. The Balaban J connectivity index is 1.82. The first kappa shape index (κ1) is 11.9. The van der Waals surface area contributed by atoms with Crippen molar-refractivity contribution in [3.8, 4) is 0 Å². The minimum atomic E-state index is -0.141. The van der Waals surface area contributed by atoms with E-state index >= 15 is 0 Å². The van der Waals surface area contributed by atoms with Crippen molar-refractivity contribution in [3.05, 3.63) is 59.9 Å². The summed E-state index contributed by atoms with van der Waals surface area (Å²) in [5.41, 5.74) is 3.10. The zero-order chi connectivity index (χ0) is 13.1. The molecule has 1 aromatic heterocycles. The normalized spacial score (nSPS) is 17.6. The van der Waals surface area contributed by atoms with Crippen LogP contribution in [0.5, 0.6) is 0 Å². The quantitative estimate of drug-likeness (QED) is 0.859. The third-order valence-corrected chi connectivity index (χ3v) is 3.36. The Hall–Kier alpha value is -2.20. The first-order chi connectivity index (χ1) is 9.34. The van der Waals surface area contributed by atoms with Gasteiger partial charge in [0.25, 0.3) is 0 Å². The average Bonchev–Trinajstić information content (AvgIpc) is 2.47. The van der Waals surface area contributed by atoms with Crippen LogP contribution in [-0.2, 0) is 11.3 Å². The molecule has 1 aliphatic rings. The maximum atomic E-state index is 12.4. The van der Waals surface area contributed by atoms with Crippen molar-refractivity contribution in [3.63, 3.8) is 0 Å². The Morgan fingerprint density at radius 2 is 2.00 bits per heavy atom. The summed E-state index contributed by atoms with van der Waals surface area (Å²) in [6, 6.07) is 11.7. The van der Waals surface area contributed by atoms with E-state index in [0.717, 1.165) is 17.8 Å². The molecule has 0 fully saturated rings. The van der Waals surface area contributed by atoms with E-state index in [1.165, 1.54) is 5.56 Å². The van der Waals surface area contributed by atoms with Crippen molar-refractivity contribution in [2.45, 2.75) is 12.5 Å². The first-order valence-corrected chi connectivity index (χ1v) is 6.34. The molecule has 1 aromatic carbocycles. The van der Waals surface area contributed by atoms with Crippen molar-refractivity contribution in [1.29, 1.82) is 0 Å². The van der Waals surface area contributed by atoms with Crippen LogP contribution in [0.3, 0.4) is 0 Å². The van der Waals surface area contributed by atoms with E-state index in [0.29, 0.717) is 6.54 Å². The molecule has 0 bridgehead atoms. The Kier molecular flexibility index (Phi) is 3.25. The van der Waals surface area contributed by atoms with Gasteiger partial charge in [-0.15, -0.1) is 0 Å². The fourth-order valence-electron chi connectivity index (χ4n) is 2.39. The van der Waals surface area contributed by atoms with Gasteiger partial charge in [-0.1, -0.05) is 24.3 Å². The molecule has 2 heterocycles. The molecule has 2 aromatic rings. The second kappa shape index (κ2) is 5.20. The second-order valence-electron chi connectivity index (χ2n) is 4.61. The standard InChI is InChI=1S/C15H15N3O/c19-15(18-12-5-7-16-8-6-12)14-10-17-9-11-3-1-2-4-13(11)14/h1-8,14,17H,9-10H2,(H,16,18,19). The summed E-state index contributed by atoms with van der Waals surface area (Å²) in [7, 11) is 0. The second-order valence-corrected chi connectivity index (χ2v) is 4.61. The number of amides is 1. The molecule has 0 aliphatic carbocycles. The Labute approximate surface area is 111 Å². The van der Waals surface area contributed by atoms with Gasteiger partial charge in [0.15, 0.2) is 0 Å². The molecule has 1 atom stereocenters. The van der Waals surface area contributed by atoms with Gasteiger partial charge in [0, 0.05) is 31.2 Å². The number of rotatable bonds is 2. The summed E-state index contributed by atoms with van der Waals surface area (Å²) in [6.45, 7) is 1.50. The third-order valence-electron chi connectivity index (χ3n) is 3.36. The topological polar surface area (TPSA) is 54.0 Å². The lowest BCUT2D eigenvalue weighted by molar-refractivity contribution is -0.117. The maximum absolute atomic E-state index is 12.4. The Morgan fingerprint density at radius 1 is 1.21 bits per heavy atom. The fraction of sp³-hybridized carbons (Fsp3) is 0.200. The van der Waals surface area contributed by atoms with E-state index in [1.54, 1.807) is 24.5 Å². The lowest BCUT2D eigenvalue weighted by atomic mass is 9.90. The molecule has 2 N–H and O–H groups in total. The van der Waals surface area contributed by atoms with Crippen LogP contribution in [0.15, 0.2) is 48.8 Å². The van der Waals surface area contributed by atoms with Crippen LogP contribution < -0.4 is 10.6 Å². The number of benzene rings is 1. The predicted octanol–water partition coefficient (Wildman–Crippen LogP) is 1.91. The molecular formula is C15H15N3O.